The molecule has 0 atom stereocenters. The molecule has 0 aliphatic heterocycles. The predicted octanol–water partition coefficient (Wildman–Crippen LogP) is 10.1. The SMILES string of the molecule is CC(C)(C)c1ccc(P(O)(O)(O)c2ccc3ccccc3c2)c(-c2cc3c(C(C)(C)C)cc(C(C)(C)C)cc3cc2C(C)(C)C)c1. The van der Waals surface area contributed by atoms with Crippen molar-refractivity contribution < 1.29 is 14.7 Å². The Kier molecular flexibility index (Phi) is 7.99. The summed E-state index contributed by atoms with van der Waals surface area (Å²) < 4.78 is 0. The predicted molar refractivity (Wildman–Crippen MR) is 201 cm³/mol. The second-order valence-electron chi connectivity index (χ2n) is 17.4. The van der Waals surface area contributed by atoms with E-state index in [1.807, 2.05) is 36.4 Å². The van der Waals surface area contributed by atoms with Crippen molar-refractivity contribution in [2.24, 2.45) is 0 Å². The van der Waals surface area contributed by atoms with Crippen molar-refractivity contribution in [2.45, 2.75) is 105 Å². The summed E-state index contributed by atoms with van der Waals surface area (Å²) in [7, 11) is -5.63. The first-order valence-corrected chi connectivity index (χ1v) is 18.5. The molecule has 0 bridgehead atoms. The molecule has 46 heavy (non-hydrogen) atoms. The Morgan fingerprint density at radius 2 is 1.02 bits per heavy atom. The average Bonchev–Trinajstić information content (AvgIpc) is 2.93. The molecular weight excluding hydrogens is 583 g/mol. The molecule has 0 aliphatic carbocycles. The van der Waals surface area contributed by atoms with Gasteiger partial charge >= 0.3 is 277 Å². The van der Waals surface area contributed by atoms with Crippen molar-refractivity contribution in [3.8, 4) is 11.1 Å². The van der Waals surface area contributed by atoms with Gasteiger partial charge in [0.15, 0.2) is 0 Å². The molecule has 244 valence electrons. The number of rotatable bonds is 3. The summed E-state index contributed by atoms with van der Waals surface area (Å²) in [6, 6.07) is 27.9. The van der Waals surface area contributed by atoms with Gasteiger partial charge in [-0.25, -0.2) is 0 Å². The van der Waals surface area contributed by atoms with Crippen LogP contribution in [0.3, 0.4) is 0 Å². The molecule has 0 unspecified atom stereocenters. The van der Waals surface area contributed by atoms with Crippen LogP contribution < -0.4 is 10.6 Å². The summed E-state index contributed by atoms with van der Waals surface area (Å²) in [5, 5.41) is 4.39. The van der Waals surface area contributed by atoms with E-state index in [0.717, 1.165) is 32.8 Å². The summed E-state index contributed by atoms with van der Waals surface area (Å²) >= 11 is 0. The van der Waals surface area contributed by atoms with Crippen molar-refractivity contribution in [3.05, 3.63) is 107 Å². The van der Waals surface area contributed by atoms with Gasteiger partial charge in [0.25, 0.3) is 0 Å². The van der Waals surface area contributed by atoms with Crippen LogP contribution in [0, 0.1) is 0 Å². The molecule has 0 saturated carbocycles. The molecule has 4 heteroatoms. The Balaban J connectivity index is 1.94. The van der Waals surface area contributed by atoms with Crippen LogP contribution >= 0.6 is 7.28 Å². The van der Waals surface area contributed by atoms with E-state index in [0.29, 0.717) is 5.56 Å². The van der Waals surface area contributed by atoms with Gasteiger partial charge < -0.3 is 0 Å². The van der Waals surface area contributed by atoms with Crippen LogP contribution in [0.1, 0.15) is 105 Å². The number of hydrogen-bond acceptors (Lipinski definition) is 3. The molecule has 0 fully saturated rings. The van der Waals surface area contributed by atoms with Crippen LogP contribution in [-0.4, -0.2) is 14.7 Å². The van der Waals surface area contributed by atoms with E-state index in [2.05, 4.69) is 113 Å². The van der Waals surface area contributed by atoms with Gasteiger partial charge in [-0.15, -0.1) is 0 Å². The molecule has 3 nitrogen and oxygen atoms in total. The third-order valence-electron chi connectivity index (χ3n) is 9.38. The normalized spacial score (nSPS) is 14.5. The topological polar surface area (TPSA) is 60.7 Å². The standard InChI is InChI=1S/C42H53O3P/c1-39(2,3)30-18-20-38(46(43,44,45)32-19-17-27-15-13-14-16-28(27)22-32)35(24-30)34-26-33-29(23-36(34)41(7,8)9)21-31(40(4,5)6)25-37(33)42(10,11)12/h13-26,43-45H,1-12H3. The monoisotopic (exact) mass is 636 g/mol. The van der Waals surface area contributed by atoms with E-state index in [9.17, 15) is 14.7 Å². The Morgan fingerprint density at radius 3 is 1.59 bits per heavy atom. The Labute approximate surface area is 276 Å². The summed E-state index contributed by atoms with van der Waals surface area (Å²) in [4.78, 5) is 36.8. The van der Waals surface area contributed by atoms with Gasteiger partial charge in [-0.2, -0.15) is 0 Å². The van der Waals surface area contributed by atoms with Crippen LogP contribution in [0.4, 0.5) is 0 Å². The molecular formula is C42H53O3P. The van der Waals surface area contributed by atoms with Gasteiger partial charge in [0, 0.05) is 0 Å². The van der Waals surface area contributed by atoms with Crippen molar-refractivity contribution in [3.63, 3.8) is 0 Å². The van der Waals surface area contributed by atoms with E-state index in [1.165, 1.54) is 16.5 Å². The molecule has 0 spiro atoms. The van der Waals surface area contributed by atoms with E-state index >= 15 is 0 Å². The molecule has 0 radical (unpaired) electrons. The first-order valence-electron chi connectivity index (χ1n) is 16.4. The van der Waals surface area contributed by atoms with E-state index in [4.69, 9.17) is 0 Å². The van der Waals surface area contributed by atoms with Crippen LogP contribution in [0.15, 0.2) is 84.9 Å². The zero-order chi connectivity index (χ0) is 34.3. The Bertz CT molecular complexity index is 1960. The molecule has 0 aromatic heterocycles. The fourth-order valence-corrected chi connectivity index (χ4v) is 8.44. The zero-order valence-corrected chi connectivity index (χ0v) is 30.8. The summed E-state index contributed by atoms with van der Waals surface area (Å²) in [6.07, 6.45) is 0. The summed E-state index contributed by atoms with van der Waals surface area (Å²) in [5.74, 6) is 0. The molecule has 3 N–H and O–H groups in total. The minimum absolute atomic E-state index is 0.0231. The summed E-state index contributed by atoms with van der Waals surface area (Å²) in [6.45, 7) is 26.6. The quantitative estimate of drug-likeness (QED) is 0.173. The van der Waals surface area contributed by atoms with Gasteiger partial charge in [0.2, 0.25) is 0 Å². The van der Waals surface area contributed by atoms with E-state index in [1.54, 1.807) is 18.2 Å². The zero-order valence-electron chi connectivity index (χ0n) is 29.9. The van der Waals surface area contributed by atoms with Crippen LogP contribution in [-0.2, 0) is 21.7 Å². The third-order valence-corrected chi connectivity index (χ3v) is 11.9. The molecule has 0 amide bonds. The molecule has 5 aromatic rings. The molecule has 5 aromatic carbocycles. The maximum atomic E-state index is 12.3. The van der Waals surface area contributed by atoms with Gasteiger partial charge in [-0.3, -0.25) is 0 Å². The average molecular weight is 637 g/mol. The minimum atomic E-state index is -5.63. The second kappa shape index (κ2) is 10.7. The van der Waals surface area contributed by atoms with Gasteiger partial charge in [-0.1, -0.05) is 0 Å². The maximum absolute atomic E-state index is 12.3. The van der Waals surface area contributed by atoms with Crippen molar-refractivity contribution in [2.75, 3.05) is 0 Å². The molecule has 0 heterocycles. The fraction of sp³-hybridized carbons (Fsp3) is 0.381. The number of benzene rings is 5. The first-order chi connectivity index (χ1) is 20.9. The van der Waals surface area contributed by atoms with Crippen molar-refractivity contribution in [1.82, 2.24) is 0 Å². The van der Waals surface area contributed by atoms with E-state index < -0.39 is 7.28 Å². The second-order valence-corrected chi connectivity index (χ2v) is 20.3. The van der Waals surface area contributed by atoms with Crippen molar-refractivity contribution in [1.29, 1.82) is 0 Å². The fourth-order valence-electron chi connectivity index (χ4n) is 6.46. The van der Waals surface area contributed by atoms with Crippen LogP contribution in [0.5, 0.6) is 0 Å². The first kappa shape index (κ1) is 34.3. The van der Waals surface area contributed by atoms with Gasteiger partial charge in [-0.05, 0) is 0 Å². The Morgan fingerprint density at radius 1 is 0.435 bits per heavy atom. The number of fused-ring (bicyclic) bond motifs is 2. The van der Waals surface area contributed by atoms with E-state index in [-0.39, 0.29) is 32.3 Å². The number of hydrogen-bond donors (Lipinski definition) is 3. The van der Waals surface area contributed by atoms with Crippen LogP contribution in [0.2, 0.25) is 0 Å². The molecule has 5 rings (SSSR count). The molecule has 0 saturated heterocycles. The Hall–Kier alpha value is -3.07. The van der Waals surface area contributed by atoms with Gasteiger partial charge in [0.1, 0.15) is 0 Å². The van der Waals surface area contributed by atoms with Crippen LogP contribution in [0.25, 0.3) is 32.7 Å². The third kappa shape index (κ3) is 6.28. The summed E-state index contributed by atoms with van der Waals surface area (Å²) in [5.41, 5.74) is 5.58. The van der Waals surface area contributed by atoms with Crippen molar-refractivity contribution >= 4 is 39.4 Å². The molecule has 0 aliphatic rings. The van der Waals surface area contributed by atoms with Gasteiger partial charge in [0.05, 0.1) is 0 Å².